The zero-order valence-electron chi connectivity index (χ0n) is 8.67. The third-order valence-corrected chi connectivity index (χ3v) is 2.74. The van der Waals surface area contributed by atoms with E-state index in [1.54, 1.807) is 0 Å². The molecule has 1 saturated heterocycles. The fourth-order valence-electron chi connectivity index (χ4n) is 1.78. The molecule has 1 fully saturated rings. The summed E-state index contributed by atoms with van der Waals surface area (Å²) in [6.07, 6.45) is 9.61. The van der Waals surface area contributed by atoms with Crippen LogP contribution in [0.5, 0.6) is 0 Å². The summed E-state index contributed by atoms with van der Waals surface area (Å²) < 4.78 is 5.45. The van der Waals surface area contributed by atoms with E-state index in [0.29, 0.717) is 18.8 Å². The van der Waals surface area contributed by atoms with E-state index < -0.39 is 0 Å². The summed E-state index contributed by atoms with van der Waals surface area (Å²) >= 11 is 0. The van der Waals surface area contributed by atoms with Crippen molar-refractivity contribution >= 4 is 0 Å². The van der Waals surface area contributed by atoms with Gasteiger partial charge in [0.25, 0.3) is 0 Å². The zero-order valence-corrected chi connectivity index (χ0v) is 8.67. The summed E-state index contributed by atoms with van der Waals surface area (Å²) in [7, 11) is 0. The molecular weight excluding hydrogens is 164 g/mol. The van der Waals surface area contributed by atoms with Crippen LogP contribution < -0.4 is 0 Å². The number of aliphatic hydroxyl groups excluding tert-OH is 1. The molecule has 0 bridgehead atoms. The second kappa shape index (κ2) is 6.39. The predicted octanol–water partition coefficient (Wildman–Crippen LogP) is 2.50. The highest BCUT2D eigenvalue weighted by Crippen LogP contribution is 2.29. The molecule has 2 heteroatoms. The quantitative estimate of drug-likeness (QED) is 0.466. The van der Waals surface area contributed by atoms with Crippen molar-refractivity contribution in [2.45, 2.75) is 64.1 Å². The Bertz CT molecular complexity index is 125. The number of ether oxygens (including phenoxy) is 1. The molecule has 0 saturated carbocycles. The van der Waals surface area contributed by atoms with Crippen LogP contribution in [0, 0.1) is 0 Å². The number of rotatable bonds is 8. The first-order chi connectivity index (χ1) is 6.38. The van der Waals surface area contributed by atoms with E-state index in [4.69, 9.17) is 9.84 Å². The van der Waals surface area contributed by atoms with E-state index in [0.717, 1.165) is 6.42 Å². The minimum atomic E-state index is 0.351. The van der Waals surface area contributed by atoms with Gasteiger partial charge < -0.3 is 9.84 Å². The lowest BCUT2D eigenvalue weighted by Crippen LogP contribution is -1.92. The van der Waals surface area contributed by atoms with Gasteiger partial charge in [-0.3, -0.25) is 0 Å². The Balaban J connectivity index is 1.75. The van der Waals surface area contributed by atoms with Gasteiger partial charge in [0, 0.05) is 6.61 Å². The maximum atomic E-state index is 8.57. The first-order valence-corrected chi connectivity index (χ1v) is 5.64. The van der Waals surface area contributed by atoms with Gasteiger partial charge in [-0.25, -0.2) is 0 Å². The number of hydrogen-bond donors (Lipinski definition) is 1. The molecule has 0 aromatic carbocycles. The second-order valence-corrected chi connectivity index (χ2v) is 3.90. The number of epoxide rings is 1. The Hall–Kier alpha value is -0.0800. The first kappa shape index (κ1) is 11.0. The van der Waals surface area contributed by atoms with Gasteiger partial charge in [0.05, 0.1) is 12.2 Å². The molecule has 78 valence electrons. The highest BCUT2D eigenvalue weighted by molar-refractivity contribution is 4.82. The van der Waals surface area contributed by atoms with E-state index >= 15 is 0 Å². The van der Waals surface area contributed by atoms with Crippen LogP contribution in [0.15, 0.2) is 0 Å². The van der Waals surface area contributed by atoms with Gasteiger partial charge >= 0.3 is 0 Å². The van der Waals surface area contributed by atoms with E-state index in [2.05, 4.69) is 6.92 Å². The largest absolute Gasteiger partial charge is 0.396 e. The van der Waals surface area contributed by atoms with Crippen molar-refractivity contribution in [3.05, 3.63) is 0 Å². The van der Waals surface area contributed by atoms with Crippen LogP contribution in [0.25, 0.3) is 0 Å². The van der Waals surface area contributed by atoms with E-state index in [1.165, 1.54) is 38.5 Å². The number of hydrogen-bond acceptors (Lipinski definition) is 2. The van der Waals surface area contributed by atoms with Crippen LogP contribution in [0.3, 0.4) is 0 Å². The lowest BCUT2D eigenvalue weighted by molar-refractivity contribution is 0.282. The molecule has 1 rings (SSSR count). The lowest BCUT2D eigenvalue weighted by atomic mass is 10.1. The summed E-state index contributed by atoms with van der Waals surface area (Å²) in [5.74, 6) is 0. The molecule has 0 aliphatic carbocycles. The maximum absolute atomic E-state index is 8.57. The molecule has 1 N–H and O–H groups in total. The molecule has 2 unspecified atom stereocenters. The molecule has 0 spiro atoms. The Morgan fingerprint density at radius 1 is 1.00 bits per heavy atom. The molecule has 0 aromatic heterocycles. The first-order valence-electron chi connectivity index (χ1n) is 5.64. The van der Waals surface area contributed by atoms with E-state index in [-0.39, 0.29) is 0 Å². The standard InChI is InChI=1S/C11H22O2/c1-2-10-11(13-10)8-6-4-3-5-7-9-12/h10-12H,2-9H2,1H3. The number of unbranched alkanes of at least 4 members (excludes halogenated alkanes) is 4. The Kier molecular flexibility index (Phi) is 5.40. The van der Waals surface area contributed by atoms with Gasteiger partial charge in [-0.05, 0) is 19.3 Å². The van der Waals surface area contributed by atoms with Gasteiger partial charge in [0.15, 0.2) is 0 Å². The van der Waals surface area contributed by atoms with Gasteiger partial charge in [-0.15, -0.1) is 0 Å². The van der Waals surface area contributed by atoms with Gasteiger partial charge in [0.1, 0.15) is 0 Å². The summed E-state index contributed by atoms with van der Waals surface area (Å²) in [5.41, 5.74) is 0. The van der Waals surface area contributed by atoms with Crippen LogP contribution in [-0.4, -0.2) is 23.9 Å². The average molecular weight is 186 g/mol. The summed E-state index contributed by atoms with van der Waals surface area (Å²) in [4.78, 5) is 0. The summed E-state index contributed by atoms with van der Waals surface area (Å²) in [5, 5.41) is 8.57. The summed E-state index contributed by atoms with van der Waals surface area (Å²) in [6.45, 7) is 2.54. The Morgan fingerprint density at radius 2 is 1.69 bits per heavy atom. The van der Waals surface area contributed by atoms with Crippen LogP contribution in [-0.2, 0) is 4.74 Å². The normalized spacial score (nSPS) is 26.3. The molecule has 2 atom stereocenters. The average Bonchev–Trinajstić information content (AvgIpc) is 2.90. The van der Waals surface area contributed by atoms with Crippen molar-refractivity contribution in [2.24, 2.45) is 0 Å². The van der Waals surface area contributed by atoms with Gasteiger partial charge in [-0.1, -0.05) is 32.6 Å². The van der Waals surface area contributed by atoms with Crippen molar-refractivity contribution in [1.82, 2.24) is 0 Å². The van der Waals surface area contributed by atoms with Crippen molar-refractivity contribution in [3.8, 4) is 0 Å². The van der Waals surface area contributed by atoms with E-state index in [1.807, 2.05) is 0 Å². The van der Waals surface area contributed by atoms with Crippen molar-refractivity contribution in [3.63, 3.8) is 0 Å². The fourth-order valence-corrected chi connectivity index (χ4v) is 1.78. The highest BCUT2D eigenvalue weighted by Gasteiger charge is 2.35. The molecule has 0 amide bonds. The molecular formula is C11H22O2. The Labute approximate surface area is 81.3 Å². The molecule has 2 nitrogen and oxygen atoms in total. The lowest BCUT2D eigenvalue weighted by Gasteiger charge is -1.98. The minimum absolute atomic E-state index is 0.351. The zero-order chi connectivity index (χ0) is 9.52. The molecule has 1 heterocycles. The van der Waals surface area contributed by atoms with Crippen molar-refractivity contribution in [2.75, 3.05) is 6.61 Å². The third-order valence-electron chi connectivity index (χ3n) is 2.74. The van der Waals surface area contributed by atoms with Gasteiger partial charge in [0.2, 0.25) is 0 Å². The smallest absolute Gasteiger partial charge is 0.0841 e. The van der Waals surface area contributed by atoms with E-state index in [9.17, 15) is 0 Å². The van der Waals surface area contributed by atoms with Crippen LogP contribution in [0.4, 0.5) is 0 Å². The number of aliphatic hydroxyl groups is 1. The molecule has 1 aliphatic rings. The van der Waals surface area contributed by atoms with Crippen LogP contribution >= 0.6 is 0 Å². The van der Waals surface area contributed by atoms with Crippen LogP contribution in [0.1, 0.15) is 51.9 Å². The third kappa shape index (κ3) is 4.63. The predicted molar refractivity (Wildman–Crippen MR) is 53.7 cm³/mol. The SMILES string of the molecule is CCC1OC1CCCCCCCO. The summed E-state index contributed by atoms with van der Waals surface area (Å²) in [6, 6.07) is 0. The molecule has 1 aliphatic heterocycles. The topological polar surface area (TPSA) is 32.8 Å². The minimum Gasteiger partial charge on any atom is -0.396 e. The monoisotopic (exact) mass is 186 g/mol. The molecule has 13 heavy (non-hydrogen) atoms. The highest BCUT2D eigenvalue weighted by atomic mass is 16.6. The fraction of sp³-hybridized carbons (Fsp3) is 1.00. The van der Waals surface area contributed by atoms with Gasteiger partial charge in [-0.2, -0.15) is 0 Å². The Morgan fingerprint density at radius 3 is 2.31 bits per heavy atom. The van der Waals surface area contributed by atoms with Crippen molar-refractivity contribution in [1.29, 1.82) is 0 Å². The van der Waals surface area contributed by atoms with Crippen molar-refractivity contribution < 1.29 is 9.84 Å². The maximum Gasteiger partial charge on any atom is 0.0841 e. The van der Waals surface area contributed by atoms with Crippen LogP contribution in [0.2, 0.25) is 0 Å². The molecule has 0 radical (unpaired) electrons. The second-order valence-electron chi connectivity index (χ2n) is 3.90. The molecule has 0 aromatic rings.